The molecule has 1 aliphatic heterocycles. The summed E-state index contributed by atoms with van der Waals surface area (Å²) in [5, 5.41) is 0. The van der Waals surface area contributed by atoms with Crippen molar-refractivity contribution in [2.75, 3.05) is 26.0 Å². The second-order valence-electron chi connectivity index (χ2n) is 6.82. The molecule has 5 heteroatoms. The summed E-state index contributed by atoms with van der Waals surface area (Å²) in [4.78, 5) is 15.9. The molecule has 0 aromatic heterocycles. The lowest BCUT2D eigenvalue weighted by Gasteiger charge is -2.29. The molecule has 3 aromatic carbocycles. The highest BCUT2D eigenvalue weighted by molar-refractivity contribution is 8.00. The molecule has 1 amide bonds. The predicted octanol–water partition coefficient (Wildman–Crippen LogP) is 4.80. The maximum Gasteiger partial charge on any atom is 0.233 e. The standard InChI is InChI=1S/C24H23NO3S/c1-25(24(18-8-4-2-5-9-18)19-10-6-3-7-11-19)23(26)17-29-20-12-13-21-22(16-20)28-15-14-27-21/h2-13,16,24H,14-15,17H2,1H3. The lowest BCUT2D eigenvalue weighted by atomic mass is 9.97. The molecule has 3 aromatic rings. The van der Waals surface area contributed by atoms with E-state index >= 15 is 0 Å². The van der Waals surface area contributed by atoms with Crippen LogP contribution in [0.2, 0.25) is 0 Å². The second kappa shape index (κ2) is 9.05. The minimum Gasteiger partial charge on any atom is -0.486 e. The number of carbonyl (C=O) groups excluding carboxylic acids is 1. The minimum atomic E-state index is -0.120. The Hall–Kier alpha value is -2.92. The molecule has 0 bridgehead atoms. The van der Waals surface area contributed by atoms with Gasteiger partial charge in [0.1, 0.15) is 13.2 Å². The Morgan fingerprint density at radius 2 is 1.48 bits per heavy atom. The molecule has 0 aliphatic carbocycles. The Kier molecular flexibility index (Phi) is 6.06. The zero-order chi connectivity index (χ0) is 20.1. The summed E-state index contributed by atoms with van der Waals surface area (Å²) in [6.07, 6.45) is 0. The molecule has 0 unspecified atom stereocenters. The van der Waals surface area contributed by atoms with Crippen molar-refractivity contribution in [1.29, 1.82) is 0 Å². The van der Waals surface area contributed by atoms with Gasteiger partial charge in [0.05, 0.1) is 11.8 Å². The van der Waals surface area contributed by atoms with E-state index in [1.165, 1.54) is 11.8 Å². The topological polar surface area (TPSA) is 38.8 Å². The fraction of sp³-hybridized carbons (Fsp3) is 0.208. The molecule has 0 fully saturated rings. The Morgan fingerprint density at radius 1 is 0.897 bits per heavy atom. The van der Waals surface area contributed by atoms with Crippen LogP contribution in [0.5, 0.6) is 11.5 Å². The lowest BCUT2D eigenvalue weighted by Crippen LogP contribution is -2.33. The van der Waals surface area contributed by atoms with E-state index in [2.05, 4.69) is 24.3 Å². The van der Waals surface area contributed by atoms with Crippen molar-refractivity contribution in [3.05, 3.63) is 90.0 Å². The Labute approximate surface area is 175 Å². The first-order chi connectivity index (χ1) is 14.2. The minimum absolute atomic E-state index is 0.0718. The smallest absolute Gasteiger partial charge is 0.233 e. The molecular weight excluding hydrogens is 382 g/mol. The van der Waals surface area contributed by atoms with Crippen LogP contribution in [0, 0.1) is 0 Å². The van der Waals surface area contributed by atoms with Gasteiger partial charge >= 0.3 is 0 Å². The van der Waals surface area contributed by atoms with E-state index in [1.807, 2.05) is 66.5 Å². The molecule has 0 N–H and O–H groups in total. The van der Waals surface area contributed by atoms with Crippen LogP contribution < -0.4 is 9.47 Å². The van der Waals surface area contributed by atoms with Gasteiger partial charge in [0.15, 0.2) is 11.5 Å². The SMILES string of the molecule is CN(C(=O)CSc1ccc2c(c1)OCCO2)C(c1ccccc1)c1ccccc1. The summed E-state index contributed by atoms with van der Waals surface area (Å²) in [5.41, 5.74) is 2.19. The Bertz CT molecular complexity index is 923. The molecular formula is C24H23NO3S. The van der Waals surface area contributed by atoms with E-state index < -0.39 is 0 Å². The number of thioether (sulfide) groups is 1. The number of fused-ring (bicyclic) bond motifs is 1. The van der Waals surface area contributed by atoms with Crippen LogP contribution in [0.25, 0.3) is 0 Å². The Morgan fingerprint density at radius 3 is 2.10 bits per heavy atom. The molecule has 1 heterocycles. The van der Waals surface area contributed by atoms with Gasteiger partial charge < -0.3 is 14.4 Å². The van der Waals surface area contributed by atoms with Crippen molar-refractivity contribution in [3.8, 4) is 11.5 Å². The van der Waals surface area contributed by atoms with Gasteiger partial charge in [0, 0.05) is 11.9 Å². The second-order valence-corrected chi connectivity index (χ2v) is 7.87. The predicted molar refractivity (Wildman–Crippen MR) is 116 cm³/mol. The van der Waals surface area contributed by atoms with E-state index in [0.29, 0.717) is 19.0 Å². The van der Waals surface area contributed by atoms with E-state index in [1.54, 1.807) is 0 Å². The zero-order valence-corrected chi connectivity index (χ0v) is 17.1. The van der Waals surface area contributed by atoms with Crippen molar-refractivity contribution >= 4 is 17.7 Å². The number of hydrogen-bond donors (Lipinski definition) is 0. The normalized spacial score (nSPS) is 12.6. The third-order valence-corrected chi connectivity index (χ3v) is 5.87. The first-order valence-electron chi connectivity index (χ1n) is 9.60. The monoisotopic (exact) mass is 405 g/mol. The fourth-order valence-corrected chi connectivity index (χ4v) is 4.26. The van der Waals surface area contributed by atoms with Crippen molar-refractivity contribution in [1.82, 2.24) is 4.90 Å². The molecule has 0 radical (unpaired) electrons. The highest BCUT2D eigenvalue weighted by Gasteiger charge is 2.23. The van der Waals surface area contributed by atoms with Crippen LogP contribution in [0.1, 0.15) is 17.2 Å². The largest absolute Gasteiger partial charge is 0.486 e. The molecule has 0 saturated carbocycles. The number of rotatable bonds is 6. The third kappa shape index (κ3) is 4.57. The van der Waals surface area contributed by atoms with Crippen molar-refractivity contribution < 1.29 is 14.3 Å². The van der Waals surface area contributed by atoms with Gasteiger partial charge in [-0.25, -0.2) is 0 Å². The fourth-order valence-electron chi connectivity index (χ4n) is 3.41. The highest BCUT2D eigenvalue weighted by Crippen LogP contribution is 2.35. The van der Waals surface area contributed by atoms with Gasteiger partial charge in [-0.2, -0.15) is 0 Å². The van der Waals surface area contributed by atoms with Crippen LogP contribution in [0.3, 0.4) is 0 Å². The Balaban J connectivity index is 1.49. The number of hydrogen-bond acceptors (Lipinski definition) is 4. The van der Waals surface area contributed by atoms with E-state index in [4.69, 9.17) is 9.47 Å². The maximum absolute atomic E-state index is 13.0. The average Bonchev–Trinajstić information content (AvgIpc) is 2.79. The van der Waals surface area contributed by atoms with E-state index in [0.717, 1.165) is 27.5 Å². The summed E-state index contributed by atoms with van der Waals surface area (Å²) < 4.78 is 11.2. The molecule has 1 aliphatic rings. The van der Waals surface area contributed by atoms with Crippen molar-refractivity contribution in [2.45, 2.75) is 10.9 Å². The lowest BCUT2D eigenvalue weighted by molar-refractivity contribution is -0.128. The van der Waals surface area contributed by atoms with Crippen LogP contribution in [0.4, 0.5) is 0 Å². The zero-order valence-electron chi connectivity index (χ0n) is 16.3. The molecule has 148 valence electrons. The highest BCUT2D eigenvalue weighted by atomic mass is 32.2. The molecule has 0 atom stereocenters. The van der Waals surface area contributed by atoms with Crippen LogP contribution in [0.15, 0.2) is 83.8 Å². The van der Waals surface area contributed by atoms with Gasteiger partial charge in [0.2, 0.25) is 5.91 Å². The van der Waals surface area contributed by atoms with E-state index in [9.17, 15) is 4.79 Å². The van der Waals surface area contributed by atoms with E-state index in [-0.39, 0.29) is 11.9 Å². The summed E-state index contributed by atoms with van der Waals surface area (Å²) >= 11 is 1.51. The van der Waals surface area contributed by atoms with Crippen molar-refractivity contribution in [2.24, 2.45) is 0 Å². The number of benzene rings is 3. The molecule has 29 heavy (non-hydrogen) atoms. The molecule has 0 spiro atoms. The summed E-state index contributed by atoms with van der Waals surface area (Å²) in [6, 6.07) is 26.0. The van der Waals surface area contributed by atoms with Gasteiger partial charge in [-0.3, -0.25) is 4.79 Å². The summed E-state index contributed by atoms with van der Waals surface area (Å²) in [7, 11) is 1.87. The van der Waals surface area contributed by atoms with Gasteiger partial charge in [0.25, 0.3) is 0 Å². The number of nitrogens with zero attached hydrogens (tertiary/aromatic N) is 1. The third-order valence-electron chi connectivity index (χ3n) is 4.89. The van der Waals surface area contributed by atoms with Crippen molar-refractivity contribution in [3.63, 3.8) is 0 Å². The van der Waals surface area contributed by atoms with Crippen LogP contribution in [-0.2, 0) is 4.79 Å². The summed E-state index contributed by atoms with van der Waals surface area (Å²) in [6.45, 7) is 1.13. The number of carbonyl (C=O) groups is 1. The van der Waals surface area contributed by atoms with Gasteiger partial charge in [-0.05, 0) is 29.3 Å². The van der Waals surface area contributed by atoms with Crippen LogP contribution >= 0.6 is 11.8 Å². The maximum atomic E-state index is 13.0. The number of amides is 1. The van der Waals surface area contributed by atoms with Gasteiger partial charge in [-0.15, -0.1) is 11.8 Å². The van der Waals surface area contributed by atoms with Crippen LogP contribution in [-0.4, -0.2) is 36.8 Å². The first kappa shape index (κ1) is 19.4. The van der Waals surface area contributed by atoms with Gasteiger partial charge in [-0.1, -0.05) is 60.7 Å². The first-order valence-corrected chi connectivity index (χ1v) is 10.6. The molecule has 4 nitrogen and oxygen atoms in total. The molecule has 0 saturated heterocycles. The number of ether oxygens (including phenoxy) is 2. The molecule has 4 rings (SSSR count). The summed E-state index contributed by atoms with van der Waals surface area (Å²) in [5.74, 6) is 1.93. The average molecular weight is 406 g/mol. The quantitative estimate of drug-likeness (QED) is 0.553.